The highest BCUT2D eigenvalue weighted by Crippen LogP contribution is 2.15. The lowest BCUT2D eigenvalue weighted by atomic mass is 10.2. The average Bonchev–Trinajstić information content (AvgIpc) is 2.47. The summed E-state index contributed by atoms with van der Waals surface area (Å²) in [4.78, 5) is 11.8. The summed E-state index contributed by atoms with van der Waals surface area (Å²) in [5.74, 6) is -0.263. The van der Waals surface area contributed by atoms with Crippen LogP contribution in [0.25, 0.3) is 0 Å². The van der Waals surface area contributed by atoms with Crippen molar-refractivity contribution >= 4 is 5.97 Å². The van der Waals surface area contributed by atoms with E-state index in [1.165, 1.54) is 0 Å². The van der Waals surface area contributed by atoms with Crippen molar-refractivity contribution in [1.82, 2.24) is 4.57 Å². The summed E-state index contributed by atoms with van der Waals surface area (Å²) in [6.45, 7) is 9.68. The van der Waals surface area contributed by atoms with Gasteiger partial charge in [0.15, 0.2) is 0 Å². The molecule has 1 rings (SSSR count). The number of rotatable bonds is 2. The van der Waals surface area contributed by atoms with Gasteiger partial charge in [0, 0.05) is 12.2 Å². The largest absolute Gasteiger partial charge is 0.455 e. The number of nitrogens with zero attached hydrogens (tertiary/aromatic N) is 1. The summed E-state index contributed by atoms with van der Waals surface area (Å²) in [7, 11) is 0. The van der Waals surface area contributed by atoms with Crippen molar-refractivity contribution in [2.75, 3.05) is 0 Å². The summed E-state index contributed by atoms with van der Waals surface area (Å²) in [5, 5.41) is 0. The van der Waals surface area contributed by atoms with Crippen LogP contribution in [0.3, 0.4) is 0 Å². The molecule has 0 saturated carbocycles. The molecule has 0 radical (unpaired) electrons. The molecule has 1 aromatic heterocycles. The van der Waals surface area contributed by atoms with Crippen LogP contribution in [0.15, 0.2) is 18.3 Å². The Morgan fingerprint density at radius 1 is 1.40 bits per heavy atom. The van der Waals surface area contributed by atoms with E-state index < -0.39 is 5.60 Å². The Hall–Kier alpha value is -1.25. The average molecular weight is 209 g/mol. The summed E-state index contributed by atoms with van der Waals surface area (Å²) in [6, 6.07) is 3.91. The van der Waals surface area contributed by atoms with Crippen molar-refractivity contribution in [3.63, 3.8) is 0 Å². The van der Waals surface area contributed by atoms with Crippen LogP contribution < -0.4 is 0 Å². The van der Waals surface area contributed by atoms with Gasteiger partial charge >= 0.3 is 5.97 Å². The van der Waals surface area contributed by atoms with Gasteiger partial charge in [-0.25, -0.2) is 4.79 Å². The molecule has 0 fully saturated rings. The van der Waals surface area contributed by atoms with Crippen molar-refractivity contribution < 1.29 is 9.53 Å². The molecule has 0 aliphatic carbocycles. The zero-order valence-electron chi connectivity index (χ0n) is 10.1. The first-order chi connectivity index (χ1) is 6.81. The van der Waals surface area contributed by atoms with E-state index in [0.717, 1.165) is 0 Å². The van der Waals surface area contributed by atoms with Gasteiger partial charge in [0.2, 0.25) is 0 Å². The lowest BCUT2D eigenvalue weighted by Gasteiger charge is -2.20. The Kier molecular flexibility index (Phi) is 3.22. The fraction of sp³-hybridized carbons (Fsp3) is 0.583. The zero-order chi connectivity index (χ0) is 11.6. The number of hydrogen-bond donors (Lipinski definition) is 0. The maximum Gasteiger partial charge on any atom is 0.355 e. The predicted molar refractivity (Wildman–Crippen MR) is 60.0 cm³/mol. The van der Waals surface area contributed by atoms with Crippen LogP contribution in [0.4, 0.5) is 0 Å². The minimum Gasteiger partial charge on any atom is -0.455 e. The van der Waals surface area contributed by atoms with Gasteiger partial charge in [0.25, 0.3) is 0 Å². The Balaban J connectivity index is 2.87. The smallest absolute Gasteiger partial charge is 0.355 e. The molecule has 0 amide bonds. The molecule has 0 saturated heterocycles. The Labute approximate surface area is 91.0 Å². The number of carbonyl (C=O) groups is 1. The topological polar surface area (TPSA) is 31.2 Å². The van der Waals surface area contributed by atoms with E-state index in [1.54, 1.807) is 6.07 Å². The lowest BCUT2D eigenvalue weighted by molar-refractivity contribution is 0.00562. The van der Waals surface area contributed by atoms with Crippen molar-refractivity contribution in [2.45, 2.75) is 46.3 Å². The second-order valence-electron chi connectivity index (χ2n) is 4.90. The molecule has 0 aromatic carbocycles. The molecular weight excluding hydrogens is 190 g/mol. The Bertz CT molecular complexity index is 345. The number of ether oxygens (including phenoxy) is 1. The van der Waals surface area contributed by atoms with Gasteiger partial charge in [0.1, 0.15) is 11.3 Å². The summed E-state index contributed by atoms with van der Waals surface area (Å²) >= 11 is 0. The molecule has 0 atom stereocenters. The summed E-state index contributed by atoms with van der Waals surface area (Å²) in [5.41, 5.74) is 0.170. The second-order valence-corrected chi connectivity index (χ2v) is 4.90. The first kappa shape index (κ1) is 11.8. The quantitative estimate of drug-likeness (QED) is 0.701. The molecule has 0 unspecified atom stereocenters. The van der Waals surface area contributed by atoms with Crippen LogP contribution >= 0.6 is 0 Å². The molecule has 84 valence electrons. The van der Waals surface area contributed by atoms with E-state index in [9.17, 15) is 4.79 Å². The standard InChI is InChI=1S/C12H19NO2/c1-9(2)13-8-6-7-10(13)11(14)15-12(3,4)5/h6-9H,1-5H3. The SMILES string of the molecule is CC(C)n1cccc1C(=O)OC(C)(C)C. The lowest BCUT2D eigenvalue weighted by Crippen LogP contribution is -2.25. The highest BCUT2D eigenvalue weighted by Gasteiger charge is 2.20. The fourth-order valence-corrected chi connectivity index (χ4v) is 1.35. The predicted octanol–water partition coefficient (Wildman–Crippen LogP) is 3.02. The third-order valence-electron chi connectivity index (χ3n) is 1.94. The first-order valence-electron chi connectivity index (χ1n) is 5.21. The monoisotopic (exact) mass is 209 g/mol. The Morgan fingerprint density at radius 2 is 2.00 bits per heavy atom. The van der Waals surface area contributed by atoms with Gasteiger partial charge < -0.3 is 9.30 Å². The number of hydrogen-bond acceptors (Lipinski definition) is 2. The molecule has 1 heterocycles. The molecule has 15 heavy (non-hydrogen) atoms. The van der Waals surface area contributed by atoms with E-state index in [4.69, 9.17) is 4.74 Å². The zero-order valence-corrected chi connectivity index (χ0v) is 10.1. The second kappa shape index (κ2) is 4.09. The van der Waals surface area contributed by atoms with Crippen LogP contribution in [0, 0.1) is 0 Å². The van der Waals surface area contributed by atoms with Gasteiger partial charge in [0.05, 0.1) is 0 Å². The molecule has 3 heteroatoms. The van der Waals surface area contributed by atoms with Crippen molar-refractivity contribution in [3.05, 3.63) is 24.0 Å². The number of esters is 1. The molecule has 1 aromatic rings. The van der Waals surface area contributed by atoms with E-state index in [2.05, 4.69) is 0 Å². The third kappa shape index (κ3) is 3.11. The molecule has 0 aliphatic rings. The first-order valence-corrected chi connectivity index (χ1v) is 5.21. The van der Waals surface area contributed by atoms with Crippen molar-refractivity contribution in [2.24, 2.45) is 0 Å². The maximum atomic E-state index is 11.8. The minimum atomic E-state index is -0.441. The Morgan fingerprint density at radius 3 is 2.47 bits per heavy atom. The summed E-state index contributed by atoms with van der Waals surface area (Å²) in [6.07, 6.45) is 1.89. The van der Waals surface area contributed by atoms with Crippen LogP contribution in [-0.4, -0.2) is 16.1 Å². The highest BCUT2D eigenvalue weighted by atomic mass is 16.6. The van der Waals surface area contributed by atoms with Crippen LogP contribution in [-0.2, 0) is 4.74 Å². The summed E-state index contributed by atoms with van der Waals surface area (Å²) < 4.78 is 7.22. The normalized spacial score (nSPS) is 11.9. The fourth-order valence-electron chi connectivity index (χ4n) is 1.35. The van der Waals surface area contributed by atoms with Gasteiger partial charge in [-0.1, -0.05) is 0 Å². The van der Waals surface area contributed by atoms with E-state index in [-0.39, 0.29) is 12.0 Å². The molecular formula is C12H19NO2. The van der Waals surface area contributed by atoms with Crippen LogP contribution in [0.5, 0.6) is 0 Å². The molecule has 3 nitrogen and oxygen atoms in total. The molecule has 0 bridgehead atoms. The third-order valence-corrected chi connectivity index (χ3v) is 1.94. The van der Waals surface area contributed by atoms with E-state index in [1.807, 2.05) is 51.4 Å². The van der Waals surface area contributed by atoms with E-state index in [0.29, 0.717) is 5.69 Å². The van der Waals surface area contributed by atoms with Gasteiger partial charge in [-0.2, -0.15) is 0 Å². The van der Waals surface area contributed by atoms with Gasteiger partial charge in [-0.15, -0.1) is 0 Å². The number of aromatic nitrogens is 1. The minimum absolute atomic E-state index is 0.263. The van der Waals surface area contributed by atoms with Gasteiger partial charge in [-0.05, 0) is 46.8 Å². The maximum absolute atomic E-state index is 11.8. The highest BCUT2D eigenvalue weighted by molar-refractivity contribution is 5.88. The van der Waals surface area contributed by atoms with Crippen LogP contribution in [0.1, 0.15) is 51.1 Å². The van der Waals surface area contributed by atoms with Crippen LogP contribution in [0.2, 0.25) is 0 Å². The molecule has 0 aliphatic heterocycles. The number of carbonyl (C=O) groups excluding carboxylic acids is 1. The molecule has 0 N–H and O–H groups in total. The van der Waals surface area contributed by atoms with E-state index >= 15 is 0 Å². The van der Waals surface area contributed by atoms with Crippen molar-refractivity contribution in [1.29, 1.82) is 0 Å². The molecule has 0 spiro atoms. The van der Waals surface area contributed by atoms with Gasteiger partial charge in [-0.3, -0.25) is 0 Å². The van der Waals surface area contributed by atoms with Crippen molar-refractivity contribution in [3.8, 4) is 0 Å².